The van der Waals surface area contributed by atoms with Crippen molar-refractivity contribution in [3.8, 4) is 11.1 Å². The zero-order valence-corrected chi connectivity index (χ0v) is 19.1. The summed E-state index contributed by atoms with van der Waals surface area (Å²) in [6, 6.07) is 8.69. The van der Waals surface area contributed by atoms with E-state index in [2.05, 4.69) is 5.32 Å². The maximum absolute atomic E-state index is 13.7. The van der Waals surface area contributed by atoms with Crippen molar-refractivity contribution in [1.82, 2.24) is 5.32 Å². The SMILES string of the molecule is Cc1cc(C(C)(C)C)cc2cc3c(c(-c4cc(CC(F)F)cc(C(F)(F)F)c4)c12)C(=N)NC3=N. The topological polar surface area (TPSA) is 59.7 Å². The third-order valence-electron chi connectivity index (χ3n) is 6.07. The highest BCUT2D eigenvalue weighted by molar-refractivity contribution is 6.29. The molecule has 0 atom stereocenters. The fourth-order valence-corrected chi connectivity index (χ4v) is 4.49. The Kier molecular flexibility index (Phi) is 5.54. The summed E-state index contributed by atoms with van der Waals surface area (Å²) in [4.78, 5) is 0. The normalized spacial score (nSPS) is 14.2. The van der Waals surface area contributed by atoms with E-state index in [4.69, 9.17) is 10.8 Å². The van der Waals surface area contributed by atoms with E-state index in [-0.39, 0.29) is 28.2 Å². The van der Waals surface area contributed by atoms with E-state index >= 15 is 0 Å². The molecule has 0 fully saturated rings. The van der Waals surface area contributed by atoms with Gasteiger partial charge in [-0.25, -0.2) is 8.78 Å². The summed E-state index contributed by atoms with van der Waals surface area (Å²) in [7, 11) is 0. The number of aryl methyl sites for hydroxylation is 1. The molecule has 1 aliphatic rings. The molecule has 8 heteroatoms. The third-order valence-corrected chi connectivity index (χ3v) is 6.07. The molecule has 0 aliphatic carbocycles. The first-order chi connectivity index (χ1) is 15.7. The van der Waals surface area contributed by atoms with Gasteiger partial charge in [-0.05, 0) is 63.6 Å². The van der Waals surface area contributed by atoms with Crippen molar-refractivity contribution in [2.75, 3.05) is 0 Å². The molecule has 3 nitrogen and oxygen atoms in total. The Labute approximate surface area is 194 Å². The third kappa shape index (κ3) is 4.17. The largest absolute Gasteiger partial charge is 0.416 e. The van der Waals surface area contributed by atoms with Crippen LogP contribution in [0.4, 0.5) is 22.0 Å². The Hall–Kier alpha value is -3.29. The average molecular weight is 473 g/mol. The zero-order chi connectivity index (χ0) is 25.2. The lowest BCUT2D eigenvalue weighted by Gasteiger charge is -2.23. The van der Waals surface area contributed by atoms with Gasteiger partial charge in [-0.3, -0.25) is 10.8 Å². The molecule has 0 spiro atoms. The second kappa shape index (κ2) is 7.89. The van der Waals surface area contributed by atoms with Gasteiger partial charge in [0, 0.05) is 23.1 Å². The highest BCUT2D eigenvalue weighted by Gasteiger charge is 2.33. The Morgan fingerprint density at radius 2 is 1.53 bits per heavy atom. The van der Waals surface area contributed by atoms with Crippen LogP contribution < -0.4 is 5.32 Å². The van der Waals surface area contributed by atoms with E-state index < -0.39 is 24.6 Å². The van der Waals surface area contributed by atoms with Crippen LogP contribution >= 0.6 is 0 Å². The van der Waals surface area contributed by atoms with E-state index in [1.165, 1.54) is 6.07 Å². The summed E-state index contributed by atoms with van der Waals surface area (Å²) in [6.07, 6.45) is -8.35. The van der Waals surface area contributed by atoms with Crippen molar-refractivity contribution in [3.05, 3.63) is 69.8 Å². The van der Waals surface area contributed by atoms with Crippen LogP contribution in [0.15, 0.2) is 36.4 Å². The highest BCUT2D eigenvalue weighted by Crippen LogP contribution is 2.42. The maximum atomic E-state index is 13.7. The molecule has 0 saturated heterocycles. The first kappa shape index (κ1) is 23.9. The number of hydrogen-bond acceptors (Lipinski definition) is 2. The fraction of sp³-hybridized carbons (Fsp3) is 0.308. The summed E-state index contributed by atoms with van der Waals surface area (Å²) >= 11 is 0. The molecule has 0 radical (unpaired) electrons. The molecule has 178 valence electrons. The zero-order valence-electron chi connectivity index (χ0n) is 19.1. The molecule has 34 heavy (non-hydrogen) atoms. The molecule has 1 heterocycles. The maximum Gasteiger partial charge on any atom is 0.416 e. The Morgan fingerprint density at radius 3 is 2.12 bits per heavy atom. The molecule has 3 aromatic carbocycles. The van der Waals surface area contributed by atoms with Crippen LogP contribution in [0, 0.1) is 17.7 Å². The second-order valence-electron chi connectivity index (χ2n) is 9.70. The number of amidine groups is 2. The number of nitrogens with one attached hydrogen (secondary N) is 3. The van der Waals surface area contributed by atoms with Crippen LogP contribution in [0.1, 0.15) is 54.2 Å². The Morgan fingerprint density at radius 1 is 0.853 bits per heavy atom. The molecule has 0 saturated carbocycles. The quantitative estimate of drug-likeness (QED) is 0.346. The molecular formula is C26H24F5N3. The molecular weight excluding hydrogens is 449 g/mol. The van der Waals surface area contributed by atoms with Crippen LogP contribution in [0.5, 0.6) is 0 Å². The molecule has 3 N–H and O–H groups in total. The van der Waals surface area contributed by atoms with Gasteiger partial charge in [0.15, 0.2) is 0 Å². The minimum atomic E-state index is -4.73. The molecule has 1 aliphatic heterocycles. The minimum Gasteiger partial charge on any atom is -0.325 e. The Balaban J connectivity index is 2.15. The lowest BCUT2D eigenvalue weighted by atomic mass is 9.81. The standard InChI is InChI=1S/C26H24F5N3/c1-12-5-16(25(2,3)4)9-15-11-18-22(24(33)34-23(18)32)21(20(12)15)14-6-13(8-19(27)28)7-17(10-14)26(29,30)31/h5-7,9-11,19H,8H2,1-4H3,(H3,32,33,34). The number of halogens is 5. The van der Waals surface area contributed by atoms with Gasteiger partial charge in [-0.1, -0.05) is 39.0 Å². The van der Waals surface area contributed by atoms with Gasteiger partial charge in [-0.15, -0.1) is 0 Å². The smallest absolute Gasteiger partial charge is 0.325 e. The molecule has 0 unspecified atom stereocenters. The molecule has 0 amide bonds. The van der Waals surface area contributed by atoms with Gasteiger partial charge in [0.1, 0.15) is 11.7 Å². The number of fused-ring (bicyclic) bond motifs is 2. The lowest BCUT2D eigenvalue weighted by molar-refractivity contribution is -0.137. The average Bonchev–Trinajstić information content (AvgIpc) is 2.97. The molecule has 0 aromatic heterocycles. The summed E-state index contributed by atoms with van der Waals surface area (Å²) in [5.41, 5.74) is 1.57. The van der Waals surface area contributed by atoms with Crippen molar-refractivity contribution in [2.24, 2.45) is 0 Å². The second-order valence-corrected chi connectivity index (χ2v) is 9.70. The fourth-order valence-electron chi connectivity index (χ4n) is 4.49. The van der Waals surface area contributed by atoms with Crippen LogP contribution in [0.25, 0.3) is 21.9 Å². The predicted molar refractivity (Wildman–Crippen MR) is 124 cm³/mol. The molecule has 3 aromatic rings. The van der Waals surface area contributed by atoms with Crippen molar-refractivity contribution >= 4 is 22.4 Å². The van der Waals surface area contributed by atoms with Gasteiger partial charge in [-0.2, -0.15) is 13.2 Å². The first-order valence-corrected chi connectivity index (χ1v) is 10.7. The van der Waals surface area contributed by atoms with Crippen molar-refractivity contribution in [2.45, 2.75) is 52.1 Å². The van der Waals surface area contributed by atoms with E-state index in [0.29, 0.717) is 27.5 Å². The lowest BCUT2D eigenvalue weighted by Crippen LogP contribution is -2.20. The molecule has 4 rings (SSSR count). The first-order valence-electron chi connectivity index (χ1n) is 10.7. The van der Waals surface area contributed by atoms with E-state index in [0.717, 1.165) is 23.3 Å². The summed E-state index contributed by atoms with van der Waals surface area (Å²) in [6.45, 7) is 7.98. The van der Waals surface area contributed by atoms with Crippen LogP contribution in [0.3, 0.4) is 0 Å². The number of alkyl halides is 5. The van der Waals surface area contributed by atoms with Gasteiger partial charge in [0.05, 0.1) is 5.56 Å². The van der Waals surface area contributed by atoms with Crippen molar-refractivity contribution in [3.63, 3.8) is 0 Å². The van der Waals surface area contributed by atoms with Gasteiger partial charge in [0.2, 0.25) is 6.43 Å². The van der Waals surface area contributed by atoms with Crippen LogP contribution in [-0.2, 0) is 18.0 Å². The van der Waals surface area contributed by atoms with Crippen molar-refractivity contribution < 1.29 is 22.0 Å². The number of hydrogen-bond donors (Lipinski definition) is 3. The Bertz CT molecular complexity index is 1350. The predicted octanol–water partition coefficient (Wildman–Crippen LogP) is 7.19. The van der Waals surface area contributed by atoms with Crippen LogP contribution in [0.2, 0.25) is 0 Å². The number of benzene rings is 3. The summed E-state index contributed by atoms with van der Waals surface area (Å²) < 4.78 is 67.4. The highest BCUT2D eigenvalue weighted by atomic mass is 19.4. The minimum absolute atomic E-state index is 0.0262. The van der Waals surface area contributed by atoms with Gasteiger partial charge < -0.3 is 5.32 Å². The summed E-state index contributed by atoms with van der Waals surface area (Å²) in [5.74, 6) is -0.134. The van der Waals surface area contributed by atoms with E-state index in [1.807, 2.05) is 39.8 Å². The summed E-state index contributed by atoms with van der Waals surface area (Å²) in [5, 5.41) is 20.7. The van der Waals surface area contributed by atoms with Crippen LogP contribution in [-0.4, -0.2) is 18.1 Å². The van der Waals surface area contributed by atoms with Gasteiger partial charge in [0.25, 0.3) is 0 Å². The number of rotatable bonds is 3. The van der Waals surface area contributed by atoms with E-state index in [9.17, 15) is 22.0 Å². The monoisotopic (exact) mass is 473 g/mol. The molecule has 0 bridgehead atoms. The van der Waals surface area contributed by atoms with Gasteiger partial charge >= 0.3 is 6.18 Å². The van der Waals surface area contributed by atoms with Crippen molar-refractivity contribution in [1.29, 1.82) is 10.8 Å². The van der Waals surface area contributed by atoms with E-state index in [1.54, 1.807) is 6.07 Å².